The normalized spacial score (nSPS) is 14.6. The summed E-state index contributed by atoms with van der Waals surface area (Å²) >= 11 is 0. The van der Waals surface area contributed by atoms with Crippen molar-refractivity contribution in [1.82, 2.24) is 0 Å². The first-order valence-corrected chi connectivity index (χ1v) is 8.89. The zero-order valence-electron chi connectivity index (χ0n) is 16.1. The molecule has 3 atom stereocenters. The van der Waals surface area contributed by atoms with Gasteiger partial charge in [0.25, 0.3) is 5.69 Å². The zero-order valence-corrected chi connectivity index (χ0v) is 16.1. The van der Waals surface area contributed by atoms with Crippen molar-refractivity contribution in [2.24, 2.45) is 10.3 Å². The van der Waals surface area contributed by atoms with Crippen molar-refractivity contribution in [2.75, 3.05) is 18.2 Å². The highest BCUT2D eigenvalue weighted by molar-refractivity contribution is 5.50. The lowest BCUT2D eigenvalue weighted by atomic mass is 10.1. The molecule has 0 heterocycles. The number of aliphatic hydroxyl groups is 4. The van der Waals surface area contributed by atoms with Crippen molar-refractivity contribution >= 4 is 17.1 Å². The van der Waals surface area contributed by atoms with Gasteiger partial charge in [0.05, 0.1) is 29.4 Å². The molecule has 0 spiro atoms. The number of aryl methyl sites for hydroxylation is 2. The fraction of sp³-hybridized carbons (Fsp3) is 0.368. The van der Waals surface area contributed by atoms with Crippen molar-refractivity contribution in [3.8, 4) is 0 Å². The Hall–Kier alpha value is -2.92. The fourth-order valence-electron chi connectivity index (χ4n) is 2.50. The smallest absolute Gasteiger partial charge is 0.271 e. The lowest BCUT2D eigenvalue weighted by molar-refractivity contribution is -0.384. The highest BCUT2D eigenvalue weighted by Gasteiger charge is 2.26. The summed E-state index contributed by atoms with van der Waals surface area (Å²) < 4.78 is 0. The predicted molar refractivity (Wildman–Crippen MR) is 106 cm³/mol. The first kappa shape index (κ1) is 22.4. The standard InChI is InChI=1S/C19H24N4O6/c1-12-6-7-15(8-13(12)2)22(10-17(25)19(27)18(26)11-24)21-20-14-4-3-5-16(9-14)23(28)29/h3-9,17-19,24-27H,10-11H2,1-2H3/t17-,18-,19-/m1/s1. The highest BCUT2D eigenvalue weighted by atomic mass is 16.6. The second-order valence-electron chi connectivity index (χ2n) is 6.62. The molecule has 156 valence electrons. The monoisotopic (exact) mass is 404 g/mol. The van der Waals surface area contributed by atoms with Crippen LogP contribution in [-0.2, 0) is 0 Å². The van der Waals surface area contributed by atoms with Crippen LogP contribution >= 0.6 is 0 Å². The van der Waals surface area contributed by atoms with E-state index >= 15 is 0 Å². The number of nitrogens with zero attached hydrogens (tertiary/aromatic N) is 4. The second kappa shape index (κ2) is 10.0. The molecule has 29 heavy (non-hydrogen) atoms. The SMILES string of the molecule is Cc1ccc(N(C[C@@H](O)[C@@H](O)[C@H](O)CO)N=Nc2cccc([N+](=O)[O-])c2)cc1C. The van der Waals surface area contributed by atoms with Crippen LogP contribution in [0.15, 0.2) is 52.8 Å². The van der Waals surface area contributed by atoms with Crippen LogP contribution in [0.2, 0.25) is 0 Å². The average Bonchev–Trinajstić information content (AvgIpc) is 2.71. The zero-order chi connectivity index (χ0) is 21.6. The first-order chi connectivity index (χ1) is 13.7. The molecule has 0 saturated carbocycles. The van der Waals surface area contributed by atoms with Crippen LogP contribution in [0.25, 0.3) is 0 Å². The van der Waals surface area contributed by atoms with E-state index in [1.807, 2.05) is 26.0 Å². The van der Waals surface area contributed by atoms with Crippen LogP contribution < -0.4 is 5.01 Å². The van der Waals surface area contributed by atoms with Crippen LogP contribution in [0, 0.1) is 24.0 Å². The van der Waals surface area contributed by atoms with E-state index < -0.39 is 29.8 Å². The third-order valence-electron chi connectivity index (χ3n) is 4.43. The topological polar surface area (TPSA) is 152 Å². The van der Waals surface area contributed by atoms with Gasteiger partial charge in [-0.2, -0.15) is 0 Å². The van der Waals surface area contributed by atoms with Crippen LogP contribution in [-0.4, -0.2) is 56.8 Å². The van der Waals surface area contributed by atoms with Gasteiger partial charge in [0.2, 0.25) is 0 Å². The van der Waals surface area contributed by atoms with Crippen molar-refractivity contribution in [3.05, 3.63) is 63.7 Å². The minimum Gasteiger partial charge on any atom is -0.394 e. The summed E-state index contributed by atoms with van der Waals surface area (Å²) in [5.41, 5.74) is 2.66. The number of rotatable bonds is 9. The molecule has 0 fully saturated rings. The van der Waals surface area contributed by atoms with Crippen LogP contribution in [0.3, 0.4) is 0 Å². The molecule has 0 aliphatic carbocycles. The van der Waals surface area contributed by atoms with E-state index in [0.29, 0.717) is 5.69 Å². The second-order valence-corrected chi connectivity index (χ2v) is 6.62. The van der Waals surface area contributed by atoms with E-state index in [4.69, 9.17) is 5.11 Å². The van der Waals surface area contributed by atoms with Gasteiger partial charge in [-0.05, 0) is 43.2 Å². The molecule has 0 unspecified atom stereocenters. The Bertz CT molecular complexity index is 876. The minimum atomic E-state index is -1.60. The largest absolute Gasteiger partial charge is 0.394 e. The Morgan fingerprint density at radius 3 is 2.41 bits per heavy atom. The first-order valence-electron chi connectivity index (χ1n) is 8.89. The van der Waals surface area contributed by atoms with Gasteiger partial charge in [-0.1, -0.05) is 17.4 Å². The number of hydrogen-bond acceptors (Lipinski definition) is 8. The third-order valence-corrected chi connectivity index (χ3v) is 4.43. The van der Waals surface area contributed by atoms with Gasteiger partial charge in [-0.15, -0.1) is 5.11 Å². The minimum absolute atomic E-state index is 0.138. The Kier molecular flexibility index (Phi) is 7.74. The Morgan fingerprint density at radius 1 is 1.07 bits per heavy atom. The lowest BCUT2D eigenvalue weighted by Crippen LogP contribution is -2.44. The number of nitro groups is 1. The van der Waals surface area contributed by atoms with E-state index in [1.165, 1.54) is 29.3 Å². The molecule has 2 rings (SSSR count). The van der Waals surface area contributed by atoms with Gasteiger partial charge in [0, 0.05) is 12.1 Å². The van der Waals surface area contributed by atoms with Gasteiger partial charge < -0.3 is 20.4 Å². The summed E-state index contributed by atoms with van der Waals surface area (Å²) in [6.45, 7) is 2.88. The van der Waals surface area contributed by atoms with Crippen molar-refractivity contribution in [2.45, 2.75) is 32.2 Å². The summed E-state index contributed by atoms with van der Waals surface area (Å²) in [5, 5.41) is 59.0. The number of benzene rings is 2. The van der Waals surface area contributed by atoms with Crippen molar-refractivity contribution in [1.29, 1.82) is 0 Å². The highest BCUT2D eigenvalue weighted by Crippen LogP contribution is 2.24. The maximum absolute atomic E-state index is 10.9. The number of nitro benzene ring substituents is 1. The van der Waals surface area contributed by atoms with E-state index in [1.54, 1.807) is 6.07 Å². The molecule has 2 aromatic rings. The molecule has 10 heteroatoms. The average molecular weight is 404 g/mol. The van der Waals surface area contributed by atoms with Gasteiger partial charge >= 0.3 is 0 Å². The van der Waals surface area contributed by atoms with Gasteiger partial charge in [0.15, 0.2) is 0 Å². The molecule has 0 aliphatic heterocycles. The maximum atomic E-state index is 10.9. The lowest BCUT2D eigenvalue weighted by Gasteiger charge is -2.26. The summed E-state index contributed by atoms with van der Waals surface area (Å²) in [6.07, 6.45) is -4.55. The molecule has 0 aliphatic rings. The molecule has 2 aromatic carbocycles. The molecule has 0 amide bonds. The number of hydrogen-bond donors (Lipinski definition) is 4. The summed E-state index contributed by atoms with van der Waals surface area (Å²) in [6, 6.07) is 11.0. The fourth-order valence-corrected chi connectivity index (χ4v) is 2.50. The molecular formula is C19H24N4O6. The van der Waals surface area contributed by atoms with Crippen LogP contribution in [0.5, 0.6) is 0 Å². The number of aliphatic hydroxyl groups excluding tert-OH is 4. The maximum Gasteiger partial charge on any atom is 0.271 e. The van der Waals surface area contributed by atoms with E-state index in [0.717, 1.165) is 11.1 Å². The van der Waals surface area contributed by atoms with Crippen molar-refractivity contribution in [3.63, 3.8) is 0 Å². The Morgan fingerprint density at radius 2 is 1.79 bits per heavy atom. The van der Waals surface area contributed by atoms with E-state index in [-0.39, 0.29) is 17.9 Å². The summed E-state index contributed by atoms with van der Waals surface area (Å²) in [4.78, 5) is 10.4. The Labute approximate surface area is 167 Å². The number of anilines is 1. The molecule has 4 N–H and O–H groups in total. The molecule has 0 aromatic heterocycles. The molecule has 10 nitrogen and oxygen atoms in total. The summed E-state index contributed by atoms with van der Waals surface area (Å²) in [7, 11) is 0. The quantitative estimate of drug-likeness (QED) is 0.282. The molecule has 0 radical (unpaired) electrons. The third kappa shape index (κ3) is 6.03. The molecule has 0 bridgehead atoms. The van der Waals surface area contributed by atoms with Crippen LogP contribution in [0.1, 0.15) is 11.1 Å². The molecular weight excluding hydrogens is 380 g/mol. The van der Waals surface area contributed by atoms with Gasteiger partial charge in [0.1, 0.15) is 18.3 Å². The number of non-ortho nitro benzene ring substituents is 1. The molecule has 0 saturated heterocycles. The summed E-state index contributed by atoms with van der Waals surface area (Å²) in [5.74, 6) is 0. The van der Waals surface area contributed by atoms with E-state index in [2.05, 4.69) is 10.3 Å². The Balaban J connectivity index is 2.32. The van der Waals surface area contributed by atoms with Gasteiger partial charge in [-0.3, -0.25) is 10.1 Å². The van der Waals surface area contributed by atoms with Gasteiger partial charge in [-0.25, -0.2) is 5.01 Å². The van der Waals surface area contributed by atoms with Crippen molar-refractivity contribution < 1.29 is 25.3 Å². The predicted octanol–water partition coefficient (Wildman–Crippen LogP) is 1.79. The van der Waals surface area contributed by atoms with E-state index in [9.17, 15) is 25.4 Å². The van der Waals surface area contributed by atoms with Crippen LogP contribution in [0.4, 0.5) is 17.1 Å².